The first kappa shape index (κ1) is 16.3. The molecule has 1 aliphatic heterocycles. The number of likely N-dealkylation sites (tertiary alicyclic amines) is 1. The Morgan fingerprint density at radius 3 is 2.96 bits per heavy atom. The molecule has 0 N–H and O–H groups in total. The van der Waals surface area contributed by atoms with E-state index < -0.39 is 0 Å². The van der Waals surface area contributed by atoms with Crippen LogP contribution < -0.4 is 0 Å². The topological polar surface area (TPSA) is 57.0 Å². The van der Waals surface area contributed by atoms with E-state index >= 15 is 0 Å². The summed E-state index contributed by atoms with van der Waals surface area (Å²) >= 11 is 1.43. The number of piperidine rings is 1. The number of fused-ring (bicyclic) bond motifs is 1. The molecule has 0 radical (unpaired) electrons. The predicted octanol–water partition coefficient (Wildman–Crippen LogP) is 3.24. The third kappa shape index (κ3) is 3.23. The van der Waals surface area contributed by atoms with Crippen LogP contribution in [-0.2, 0) is 17.6 Å². The minimum absolute atomic E-state index is 0.172. The van der Waals surface area contributed by atoms with Gasteiger partial charge in [-0.1, -0.05) is 11.8 Å². The lowest BCUT2D eigenvalue weighted by Crippen LogP contribution is -2.42. The van der Waals surface area contributed by atoms with Gasteiger partial charge in [-0.15, -0.1) is 0 Å². The standard InChI is InChI=1S/C18H23N3OS/c1-12-6-3-4-9-21(12)17(22)11-23-18-15(10-19)13(2)14-7-5-8-16(14)20-18/h12H,3-9,11H2,1-2H3/t12-/m0/s1. The number of aryl methyl sites for hydroxylation is 1. The third-order valence-electron chi connectivity index (χ3n) is 5.03. The molecule has 1 saturated heterocycles. The van der Waals surface area contributed by atoms with E-state index in [0.717, 1.165) is 54.9 Å². The first-order valence-electron chi connectivity index (χ1n) is 8.46. The number of nitrogens with zero attached hydrogens (tertiary/aromatic N) is 3. The summed E-state index contributed by atoms with van der Waals surface area (Å²) in [6.45, 7) is 5.01. The lowest BCUT2D eigenvalue weighted by Gasteiger charge is -2.33. The maximum absolute atomic E-state index is 12.5. The fourth-order valence-electron chi connectivity index (χ4n) is 3.66. The zero-order chi connectivity index (χ0) is 16.4. The quantitative estimate of drug-likeness (QED) is 0.799. The minimum Gasteiger partial charge on any atom is -0.339 e. The van der Waals surface area contributed by atoms with Gasteiger partial charge in [-0.2, -0.15) is 5.26 Å². The number of thioether (sulfide) groups is 1. The van der Waals surface area contributed by atoms with Gasteiger partial charge in [-0.05, 0) is 63.5 Å². The fraction of sp³-hybridized carbons (Fsp3) is 0.611. The highest BCUT2D eigenvalue weighted by Gasteiger charge is 2.25. The van der Waals surface area contributed by atoms with Crippen molar-refractivity contribution >= 4 is 17.7 Å². The van der Waals surface area contributed by atoms with Crippen molar-refractivity contribution in [1.82, 2.24) is 9.88 Å². The molecule has 5 heteroatoms. The van der Waals surface area contributed by atoms with Crippen molar-refractivity contribution in [1.29, 1.82) is 5.26 Å². The van der Waals surface area contributed by atoms with Gasteiger partial charge in [0, 0.05) is 18.3 Å². The normalized spacial score (nSPS) is 20.2. The largest absolute Gasteiger partial charge is 0.339 e. The fourth-order valence-corrected chi connectivity index (χ4v) is 4.61. The maximum Gasteiger partial charge on any atom is 0.233 e. The van der Waals surface area contributed by atoms with Crippen molar-refractivity contribution in [2.45, 2.75) is 63.4 Å². The van der Waals surface area contributed by atoms with Gasteiger partial charge in [-0.3, -0.25) is 4.79 Å². The van der Waals surface area contributed by atoms with Crippen LogP contribution in [0.2, 0.25) is 0 Å². The summed E-state index contributed by atoms with van der Waals surface area (Å²) in [5.74, 6) is 0.551. The molecule has 122 valence electrons. The number of carbonyl (C=O) groups is 1. The van der Waals surface area contributed by atoms with Crippen LogP contribution in [0.25, 0.3) is 0 Å². The van der Waals surface area contributed by atoms with Gasteiger partial charge < -0.3 is 4.90 Å². The molecule has 2 heterocycles. The predicted molar refractivity (Wildman–Crippen MR) is 91.5 cm³/mol. The molecular formula is C18H23N3OS. The smallest absolute Gasteiger partial charge is 0.233 e. The Labute approximate surface area is 142 Å². The van der Waals surface area contributed by atoms with Crippen molar-refractivity contribution in [3.05, 3.63) is 22.4 Å². The van der Waals surface area contributed by atoms with E-state index in [2.05, 4.69) is 13.0 Å². The molecule has 1 amide bonds. The lowest BCUT2D eigenvalue weighted by atomic mass is 10.0. The van der Waals surface area contributed by atoms with Gasteiger partial charge in [0.1, 0.15) is 11.1 Å². The molecule has 0 unspecified atom stereocenters. The highest BCUT2D eigenvalue weighted by Crippen LogP contribution is 2.32. The molecule has 0 saturated carbocycles. The second-order valence-corrected chi connectivity index (χ2v) is 7.49. The van der Waals surface area contributed by atoms with Gasteiger partial charge in [0.25, 0.3) is 0 Å². The van der Waals surface area contributed by atoms with E-state index in [4.69, 9.17) is 4.98 Å². The van der Waals surface area contributed by atoms with Crippen LogP contribution >= 0.6 is 11.8 Å². The maximum atomic E-state index is 12.5. The molecule has 1 atom stereocenters. The van der Waals surface area contributed by atoms with Crippen molar-refractivity contribution in [3.63, 3.8) is 0 Å². The van der Waals surface area contributed by atoms with Gasteiger partial charge in [0.05, 0.1) is 11.3 Å². The summed E-state index contributed by atoms with van der Waals surface area (Å²) in [6, 6.07) is 2.63. The molecule has 1 aromatic rings. The summed E-state index contributed by atoms with van der Waals surface area (Å²) in [5, 5.41) is 10.2. The van der Waals surface area contributed by atoms with E-state index in [1.807, 2.05) is 11.8 Å². The SMILES string of the molecule is Cc1c(C#N)c(SCC(=O)N2CCCC[C@@H]2C)nc2c1CCC2. The minimum atomic E-state index is 0.172. The van der Waals surface area contributed by atoms with Crippen molar-refractivity contribution in [3.8, 4) is 6.07 Å². The Kier molecular flexibility index (Phi) is 4.91. The number of rotatable bonds is 3. The Balaban J connectivity index is 1.74. The Hall–Kier alpha value is -1.54. The molecule has 2 aliphatic rings. The summed E-state index contributed by atoms with van der Waals surface area (Å²) in [4.78, 5) is 19.2. The third-order valence-corrected chi connectivity index (χ3v) is 5.99. The molecule has 1 aromatic heterocycles. The van der Waals surface area contributed by atoms with Crippen LogP contribution in [0.1, 0.15) is 55.0 Å². The molecule has 1 fully saturated rings. The summed E-state index contributed by atoms with van der Waals surface area (Å²) in [6.07, 6.45) is 6.54. The number of nitriles is 1. The number of amides is 1. The summed E-state index contributed by atoms with van der Waals surface area (Å²) in [7, 11) is 0. The molecule has 4 nitrogen and oxygen atoms in total. The second kappa shape index (κ2) is 6.92. The average Bonchev–Trinajstić information content (AvgIpc) is 3.02. The van der Waals surface area contributed by atoms with Crippen molar-refractivity contribution in [2.75, 3.05) is 12.3 Å². The van der Waals surface area contributed by atoms with Gasteiger partial charge >= 0.3 is 0 Å². The molecule has 3 rings (SSSR count). The van der Waals surface area contributed by atoms with Crippen molar-refractivity contribution < 1.29 is 4.79 Å². The molecule has 0 spiro atoms. The van der Waals surface area contributed by atoms with Crippen LogP contribution in [-0.4, -0.2) is 34.1 Å². The van der Waals surface area contributed by atoms with Crippen LogP contribution in [0.3, 0.4) is 0 Å². The lowest BCUT2D eigenvalue weighted by molar-refractivity contribution is -0.131. The Morgan fingerprint density at radius 1 is 1.39 bits per heavy atom. The average molecular weight is 329 g/mol. The second-order valence-electron chi connectivity index (χ2n) is 6.53. The number of aromatic nitrogens is 1. The van der Waals surface area contributed by atoms with Crippen LogP contribution in [0.5, 0.6) is 0 Å². The van der Waals surface area contributed by atoms with E-state index in [0.29, 0.717) is 17.4 Å². The summed E-state index contributed by atoms with van der Waals surface area (Å²) < 4.78 is 0. The van der Waals surface area contributed by atoms with E-state index in [1.165, 1.54) is 23.7 Å². The monoisotopic (exact) mass is 329 g/mol. The van der Waals surface area contributed by atoms with Crippen LogP contribution in [0.4, 0.5) is 0 Å². The van der Waals surface area contributed by atoms with E-state index in [9.17, 15) is 10.1 Å². The highest BCUT2D eigenvalue weighted by atomic mass is 32.2. The molecule has 1 aliphatic carbocycles. The number of hydrogen-bond acceptors (Lipinski definition) is 4. The van der Waals surface area contributed by atoms with Crippen LogP contribution in [0, 0.1) is 18.3 Å². The van der Waals surface area contributed by atoms with E-state index in [1.54, 1.807) is 0 Å². The highest BCUT2D eigenvalue weighted by molar-refractivity contribution is 8.00. The zero-order valence-corrected chi connectivity index (χ0v) is 14.7. The molecule has 23 heavy (non-hydrogen) atoms. The molecular weight excluding hydrogens is 306 g/mol. The number of carbonyl (C=O) groups excluding carboxylic acids is 1. The van der Waals surface area contributed by atoms with E-state index in [-0.39, 0.29) is 5.91 Å². The van der Waals surface area contributed by atoms with Gasteiger partial charge in [-0.25, -0.2) is 4.98 Å². The first-order chi connectivity index (χ1) is 11.1. The number of pyridine rings is 1. The zero-order valence-electron chi connectivity index (χ0n) is 13.9. The molecule has 0 aromatic carbocycles. The van der Waals surface area contributed by atoms with Gasteiger partial charge in [0.2, 0.25) is 5.91 Å². The number of hydrogen-bond donors (Lipinski definition) is 0. The van der Waals surface area contributed by atoms with Crippen molar-refractivity contribution in [2.24, 2.45) is 0 Å². The Bertz CT molecular complexity index is 665. The first-order valence-corrected chi connectivity index (χ1v) is 9.45. The van der Waals surface area contributed by atoms with Gasteiger partial charge in [0.15, 0.2) is 0 Å². The van der Waals surface area contributed by atoms with Crippen LogP contribution in [0.15, 0.2) is 5.03 Å². The Morgan fingerprint density at radius 2 is 2.22 bits per heavy atom. The summed E-state index contributed by atoms with van der Waals surface area (Å²) in [5.41, 5.74) is 4.11. The molecule has 0 bridgehead atoms.